The first-order valence-corrected chi connectivity index (χ1v) is 7.78. The van der Waals surface area contributed by atoms with E-state index >= 15 is 0 Å². The molecule has 3 rings (SSSR count). The minimum atomic E-state index is 0.220. The van der Waals surface area contributed by atoms with Crippen LogP contribution in [0.2, 0.25) is 5.02 Å². The molecule has 1 atom stereocenters. The predicted octanol–water partition coefficient (Wildman–Crippen LogP) is 2.51. The standard InChI is InChI=1S/C16H20ClN3O/c1-12-11-18-7-10-20(12)15(21)6-9-19-8-5-13-3-2-4-14(17)16(13)19/h2-5,8,12,18H,6-7,9-11H2,1H3. The van der Waals surface area contributed by atoms with E-state index in [9.17, 15) is 4.79 Å². The number of nitrogens with one attached hydrogen (secondary N) is 1. The Bertz CT molecular complexity index is 652. The minimum Gasteiger partial charge on any atom is -0.346 e. The van der Waals surface area contributed by atoms with Gasteiger partial charge in [-0.05, 0) is 19.1 Å². The lowest BCUT2D eigenvalue weighted by molar-refractivity contribution is -0.134. The van der Waals surface area contributed by atoms with Gasteiger partial charge >= 0.3 is 0 Å². The molecule has 1 saturated heterocycles. The second kappa shape index (κ2) is 6.08. The molecule has 2 aromatic rings. The Labute approximate surface area is 129 Å². The lowest BCUT2D eigenvalue weighted by Crippen LogP contribution is -2.52. The summed E-state index contributed by atoms with van der Waals surface area (Å²) in [6.07, 6.45) is 2.52. The fourth-order valence-electron chi connectivity index (χ4n) is 2.97. The fourth-order valence-corrected chi connectivity index (χ4v) is 3.26. The number of aryl methyl sites for hydroxylation is 1. The summed E-state index contributed by atoms with van der Waals surface area (Å²) in [5.74, 6) is 0.220. The van der Waals surface area contributed by atoms with Crippen molar-refractivity contribution in [1.82, 2.24) is 14.8 Å². The van der Waals surface area contributed by atoms with Gasteiger partial charge in [0.25, 0.3) is 0 Å². The molecule has 0 radical (unpaired) electrons. The third-order valence-electron chi connectivity index (χ3n) is 4.13. The van der Waals surface area contributed by atoms with Crippen LogP contribution < -0.4 is 5.32 Å². The van der Waals surface area contributed by atoms with Gasteiger partial charge in [-0.3, -0.25) is 4.79 Å². The Morgan fingerprint density at radius 1 is 1.43 bits per heavy atom. The molecule has 1 unspecified atom stereocenters. The minimum absolute atomic E-state index is 0.220. The first-order valence-electron chi connectivity index (χ1n) is 7.40. The van der Waals surface area contributed by atoms with Crippen LogP contribution in [0.4, 0.5) is 0 Å². The van der Waals surface area contributed by atoms with Gasteiger partial charge < -0.3 is 14.8 Å². The zero-order valence-corrected chi connectivity index (χ0v) is 12.9. The van der Waals surface area contributed by atoms with Crippen molar-refractivity contribution < 1.29 is 4.79 Å². The van der Waals surface area contributed by atoms with Gasteiger partial charge in [-0.2, -0.15) is 0 Å². The van der Waals surface area contributed by atoms with Gasteiger partial charge in [0.15, 0.2) is 0 Å². The van der Waals surface area contributed by atoms with Crippen LogP contribution in [0, 0.1) is 0 Å². The number of hydrogen-bond donors (Lipinski definition) is 1. The number of rotatable bonds is 3. The molecular formula is C16H20ClN3O. The van der Waals surface area contributed by atoms with Crippen LogP contribution in [0.1, 0.15) is 13.3 Å². The summed E-state index contributed by atoms with van der Waals surface area (Å²) < 4.78 is 2.07. The quantitative estimate of drug-likeness (QED) is 0.946. The number of nitrogens with zero attached hydrogens (tertiary/aromatic N) is 2. The van der Waals surface area contributed by atoms with Crippen molar-refractivity contribution in [3.63, 3.8) is 0 Å². The van der Waals surface area contributed by atoms with Gasteiger partial charge in [0.05, 0.1) is 10.5 Å². The van der Waals surface area contributed by atoms with Crippen LogP contribution in [0.3, 0.4) is 0 Å². The molecule has 1 amide bonds. The average Bonchev–Trinajstić information content (AvgIpc) is 2.90. The normalized spacial score (nSPS) is 19.1. The number of piperazine rings is 1. The molecule has 0 saturated carbocycles. The second-order valence-electron chi connectivity index (χ2n) is 5.58. The number of fused-ring (bicyclic) bond motifs is 1. The van der Waals surface area contributed by atoms with E-state index in [1.807, 2.05) is 35.4 Å². The fraction of sp³-hybridized carbons (Fsp3) is 0.438. The molecule has 5 heteroatoms. The molecule has 0 spiro atoms. The highest BCUT2D eigenvalue weighted by Gasteiger charge is 2.22. The molecule has 1 aliphatic rings. The molecule has 1 aromatic heterocycles. The second-order valence-corrected chi connectivity index (χ2v) is 5.98. The van der Waals surface area contributed by atoms with Crippen LogP contribution >= 0.6 is 11.6 Å². The Hall–Kier alpha value is -1.52. The summed E-state index contributed by atoms with van der Waals surface area (Å²) in [7, 11) is 0. The maximum Gasteiger partial charge on any atom is 0.224 e. The van der Waals surface area contributed by atoms with E-state index in [4.69, 9.17) is 11.6 Å². The van der Waals surface area contributed by atoms with Crippen molar-refractivity contribution in [2.45, 2.75) is 25.9 Å². The average molecular weight is 306 g/mol. The maximum atomic E-state index is 12.4. The molecular weight excluding hydrogens is 286 g/mol. The number of benzene rings is 1. The van der Waals surface area contributed by atoms with Crippen molar-refractivity contribution in [3.8, 4) is 0 Å². The van der Waals surface area contributed by atoms with Crippen LogP contribution in [0.25, 0.3) is 10.9 Å². The third-order valence-corrected chi connectivity index (χ3v) is 4.43. The van der Waals surface area contributed by atoms with Gasteiger partial charge in [0, 0.05) is 50.2 Å². The molecule has 1 aliphatic heterocycles. The van der Waals surface area contributed by atoms with Gasteiger partial charge in [0.1, 0.15) is 0 Å². The molecule has 1 aromatic carbocycles. The first kappa shape index (κ1) is 14.4. The van der Waals surface area contributed by atoms with Crippen LogP contribution in [0.5, 0.6) is 0 Å². The van der Waals surface area contributed by atoms with Gasteiger partial charge in [-0.1, -0.05) is 23.7 Å². The van der Waals surface area contributed by atoms with E-state index in [1.165, 1.54) is 0 Å². The number of carbonyl (C=O) groups is 1. The van der Waals surface area contributed by atoms with Crippen LogP contribution in [0.15, 0.2) is 30.5 Å². The summed E-state index contributed by atoms with van der Waals surface area (Å²) in [5, 5.41) is 5.16. The molecule has 112 valence electrons. The lowest BCUT2D eigenvalue weighted by atomic mass is 10.2. The molecule has 0 aliphatic carbocycles. The van der Waals surface area contributed by atoms with Crippen molar-refractivity contribution in [2.75, 3.05) is 19.6 Å². The highest BCUT2D eigenvalue weighted by molar-refractivity contribution is 6.35. The number of hydrogen-bond acceptors (Lipinski definition) is 2. The van der Waals surface area contributed by atoms with E-state index in [1.54, 1.807) is 0 Å². The van der Waals surface area contributed by atoms with E-state index in [0.717, 1.165) is 35.6 Å². The largest absolute Gasteiger partial charge is 0.346 e. The highest BCUT2D eigenvalue weighted by Crippen LogP contribution is 2.24. The van der Waals surface area contributed by atoms with E-state index < -0.39 is 0 Å². The monoisotopic (exact) mass is 305 g/mol. The number of aromatic nitrogens is 1. The Morgan fingerprint density at radius 3 is 3.10 bits per heavy atom. The van der Waals surface area contributed by atoms with E-state index in [-0.39, 0.29) is 11.9 Å². The number of carbonyl (C=O) groups excluding carboxylic acids is 1. The Kier molecular flexibility index (Phi) is 4.17. The summed E-state index contributed by atoms with van der Waals surface area (Å²) in [4.78, 5) is 14.4. The van der Waals surface area contributed by atoms with Crippen LogP contribution in [-0.2, 0) is 11.3 Å². The van der Waals surface area contributed by atoms with Crippen molar-refractivity contribution in [1.29, 1.82) is 0 Å². The topological polar surface area (TPSA) is 37.3 Å². The van der Waals surface area contributed by atoms with Gasteiger partial charge in [-0.25, -0.2) is 0 Å². The molecule has 1 fully saturated rings. The van der Waals surface area contributed by atoms with Crippen molar-refractivity contribution in [3.05, 3.63) is 35.5 Å². The molecule has 1 N–H and O–H groups in total. The maximum absolute atomic E-state index is 12.4. The van der Waals surface area contributed by atoms with E-state index in [0.29, 0.717) is 13.0 Å². The summed E-state index contributed by atoms with van der Waals surface area (Å²) in [6.45, 7) is 5.32. The number of amides is 1. The smallest absolute Gasteiger partial charge is 0.224 e. The zero-order chi connectivity index (χ0) is 14.8. The van der Waals surface area contributed by atoms with Gasteiger partial charge in [0.2, 0.25) is 5.91 Å². The molecule has 4 nitrogen and oxygen atoms in total. The zero-order valence-electron chi connectivity index (χ0n) is 12.2. The molecule has 2 heterocycles. The SMILES string of the molecule is CC1CNCCN1C(=O)CCn1ccc2cccc(Cl)c21. The predicted molar refractivity (Wildman–Crippen MR) is 85.6 cm³/mol. The number of para-hydroxylation sites is 1. The summed E-state index contributed by atoms with van der Waals surface area (Å²) in [6, 6.07) is 8.19. The first-order chi connectivity index (χ1) is 10.2. The van der Waals surface area contributed by atoms with Crippen molar-refractivity contribution in [2.24, 2.45) is 0 Å². The highest BCUT2D eigenvalue weighted by atomic mass is 35.5. The van der Waals surface area contributed by atoms with Gasteiger partial charge in [-0.15, -0.1) is 0 Å². The van der Waals surface area contributed by atoms with E-state index in [2.05, 4.69) is 16.8 Å². The summed E-state index contributed by atoms with van der Waals surface area (Å²) >= 11 is 6.27. The van der Waals surface area contributed by atoms with Crippen molar-refractivity contribution >= 4 is 28.4 Å². The third kappa shape index (κ3) is 2.92. The Morgan fingerprint density at radius 2 is 2.29 bits per heavy atom. The molecule has 0 bridgehead atoms. The summed E-state index contributed by atoms with van der Waals surface area (Å²) in [5.41, 5.74) is 1.01. The lowest BCUT2D eigenvalue weighted by Gasteiger charge is -2.34. The van der Waals surface area contributed by atoms with Crippen LogP contribution in [-0.4, -0.2) is 41.1 Å². The number of halogens is 1. The Balaban J connectivity index is 1.70. The molecule has 21 heavy (non-hydrogen) atoms.